The van der Waals surface area contributed by atoms with Gasteiger partial charge < -0.3 is 4.98 Å². The summed E-state index contributed by atoms with van der Waals surface area (Å²) in [5.41, 5.74) is 1.04. The Balaban J connectivity index is 2.88. The first-order valence-corrected chi connectivity index (χ1v) is 3.30. The summed E-state index contributed by atoms with van der Waals surface area (Å²) >= 11 is 0. The minimum Gasteiger partial charge on any atom is -0.361 e. The van der Waals surface area contributed by atoms with Crippen LogP contribution in [-0.4, -0.2) is 16.7 Å². The summed E-state index contributed by atoms with van der Waals surface area (Å²) < 4.78 is 0. The number of H-pyrrole nitrogens is 1. The van der Waals surface area contributed by atoms with Crippen molar-refractivity contribution in [3.8, 4) is 0 Å². The standard InChI is InChI=1S/C8H7N3/c1-9-8-6-2-4-10-7(6)3-5-11-8/h2-5,10H,1H2. The summed E-state index contributed by atoms with van der Waals surface area (Å²) in [5.74, 6) is 0.684. The van der Waals surface area contributed by atoms with E-state index in [1.54, 1.807) is 6.20 Å². The van der Waals surface area contributed by atoms with Crippen LogP contribution in [0.2, 0.25) is 0 Å². The molecule has 1 N–H and O–H groups in total. The Morgan fingerprint density at radius 2 is 2.36 bits per heavy atom. The van der Waals surface area contributed by atoms with Crippen molar-refractivity contribution < 1.29 is 0 Å². The molecule has 0 saturated carbocycles. The second-order valence-electron chi connectivity index (χ2n) is 2.23. The zero-order valence-corrected chi connectivity index (χ0v) is 5.91. The number of nitrogens with zero attached hydrogens (tertiary/aromatic N) is 2. The molecule has 11 heavy (non-hydrogen) atoms. The van der Waals surface area contributed by atoms with Gasteiger partial charge in [-0.05, 0) is 18.9 Å². The van der Waals surface area contributed by atoms with Crippen LogP contribution in [0.1, 0.15) is 0 Å². The lowest BCUT2D eigenvalue weighted by atomic mass is 10.3. The fourth-order valence-corrected chi connectivity index (χ4v) is 1.09. The van der Waals surface area contributed by atoms with E-state index in [0.29, 0.717) is 5.82 Å². The van der Waals surface area contributed by atoms with Crippen molar-refractivity contribution in [3.63, 3.8) is 0 Å². The predicted octanol–water partition coefficient (Wildman–Crippen LogP) is 1.89. The molecule has 0 aliphatic carbocycles. The van der Waals surface area contributed by atoms with E-state index in [1.807, 2.05) is 18.3 Å². The van der Waals surface area contributed by atoms with Crippen LogP contribution >= 0.6 is 0 Å². The van der Waals surface area contributed by atoms with Crippen LogP contribution in [0.3, 0.4) is 0 Å². The number of rotatable bonds is 1. The van der Waals surface area contributed by atoms with Gasteiger partial charge in [-0.25, -0.2) is 9.98 Å². The molecular weight excluding hydrogens is 138 g/mol. The lowest BCUT2D eigenvalue weighted by Crippen LogP contribution is -1.73. The molecule has 0 spiro atoms. The van der Waals surface area contributed by atoms with E-state index in [4.69, 9.17) is 0 Å². The molecule has 2 rings (SSSR count). The SMILES string of the molecule is C=Nc1nccc2[nH]ccc12. The largest absolute Gasteiger partial charge is 0.361 e. The molecule has 0 atom stereocenters. The van der Waals surface area contributed by atoms with Gasteiger partial charge in [-0.2, -0.15) is 0 Å². The van der Waals surface area contributed by atoms with E-state index < -0.39 is 0 Å². The number of hydrogen-bond donors (Lipinski definition) is 1. The Morgan fingerprint density at radius 1 is 1.45 bits per heavy atom. The maximum atomic E-state index is 4.05. The van der Waals surface area contributed by atoms with Crippen molar-refractivity contribution >= 4 is 23.4 Å². The second-order valence-corrected chi connectivity index (χ2v) is 2.23. The van der Waals surface area contributed by atoms with Gasteiger partial charge in [0, 0.05) is 17.8 Å². The molecule has 0 amide bonds. The molecule has 54 valence electrons. The molecule has 0 radical (unpaired) electrons. The fraction of sp³-hybridized carbons (Fsp3) is 0. The molecule has 0 aliphatic rings. The van der Waals surface area contributed by atoms with Gasteiger partial charge in [0.15, 0.2) is 5.82 Å². The van der Waals surface area contributed by atoms with Crippen molar-refractivity contribution in [2.24, 2.45) is 4.99 Å². The molecule has 0 bridgehead atoms. The molecule has 0 aliphatic heterocycles. The van der Waals surface area contributed by atoms with Gasteiger partial charge in [0.25, 0.3) is 0 Å². The summed E-state index contributed by atoms with van der Waals surface area (Å²) in [5, 5.41) is 1.02. The van der Waals surface area contributed by atoms with Crippen LogP contribution in [0, 0.1) is 0 Å². The molecule has 3 heteroatoms. The van der Waals surface area contributed by atoms with Crippen molar-refractivity contribution in [2.45, 2.75) is 0 Å². The first-order chi connectivity index (χ1) is 5.42. The maximum absolute atomic E-state index is 4.05. The van der Waals surface area contributed by atoms with Crippen LogP contribution in [0.4, 0.5) is 5.82 Å². The van der Waals surface area contributed by atoms with E-state index >= 15 is 0 Å². The highest BCUT2D eigenvalue weighted by molar-refractivity contribution is 5.88. The van der Waals surface area contributed by atoms with Gasteiger partial charge in [-0.3, -0.25) is 0 Å². The molecule has 2 heterocycles. The number of aliphatic imine (C=N–C) groups is 1. The van der Waals surface area contributed by atoms with Crippen molar-refractivity contribution in [1.29, 1.82) is 0 Å². The lowest BCUT2D eigenvalue weighted by Gasteiger charge is -1.91. The normalized spacial score (nSPS) is 10.2. The Bertz CT molecular complexity index is 389. The molecule has 0 fully saturated rings. The number of hydrogen-bond acceptors (Lipinski definition) is 2. The Labute approximate surface area is 63.8 Å². The third kappa shape index (κ3) is 0.816. The number of aromatic nitrogens is 2. The fourth-order valence-electron chi connectivity index (χ4n) is 1.09. The zero-order chi connectivity index (χ0) is 7.68. The summed E-state index contributed by atoms with van der Waals surface area (Å²) in [6.45, 7) is 3.43. The highest BCUT2D eigenvalue weighted by Gasteiger charge is 1.98. The quantitative estimate of drug-likeness (QED) is 0.611. The second kappa shape index (κ2) is 2.20. The topological polar surface area (TPSA) is 41.0 Å². The Hall–Kier alpha value is -1.64. The van der Waals surface area contributed by atoms with Crippen LogP contribution in [0.5, 0.6) is 0 Å². The third-order valence-electron chi connectivity index (χ3n) is 1.61. The Morgan fingerprint density at radius 3 is 3.18 bits per heavy atom. The van der Waals surface area contributed by atoms with Gasteiger partial charge in [-0.15, -0.1) is 0 Å². The highest BCUT2D eigenvalue weighted by atomic mass is 14.9. The molecule has 0 aromatic carbocycles. The summed E-state index contributed by atoms with van der Waals surface area (Å²) in [7, 11) is 0. The van der Waals surface area contributed by atoms with Gasteiger partial charge in [0.2, 0.25) is 0 Å². The molecule has 0 saturated heterocycles. The van der Waals surface area contributed by atoms with E-state index in [1.165, 1.54) is 0 Å². The van der Waals surface area contributed by atoms with E-state index in [2.05, 4.69) is 21.7 Å². The smallest absolute Gasteiger partial charge is 0.160 e. The molecule has 2 aromatic heterocycles. The first kappa shape index (κ1) is 6.09. The van der Waals surface area contributed by atoms with E-state index in [0.717, 1.165) is 10.9 Å². The maximum Gasteiger partial charge on any atom is 0.160 e. The van der Waals surface area contributed by atoms with Crippen LogP contribution in [0.15, 0.2) is 29.5 Å². The molecule has 2 aromatic rings. The molecule has 0 unspecified atom stereocenters. The number of aromatic amines is 1. The van der Waals surface area contributed by atoms with Gasteiger partial charge in [0.05, 0.1) is 5.52 Å². The van der Waals surface area contributed by atoms with Crippen LogP contribution in [-0.2, 0) is 0 Å². The average Bonchev–Trinajstić information content (AvgIpc) is 2.50. The van der Waals surface area contributed by atoms with Gasteiger partial charge >= 0.3 is 0 Å². The van der Waals surface area contributed by atoms with E-state index in [9.17, 15) is 0 Å². The van der Waals surface area contributed by atoms with Crippen molar-refractivity contribution in [1.82, 2.24) is 9.97 Å². The summed E-state index contributed by atoms with van der Waals surface area (Å²) in [6, 6.07) is 3.84. The minimum absolute atomic E-state index is 0.684. The Kier molecular flexibility index (Phi) is 1.22. The molecule has 3 nitrogen and oxygen atoms in total. The number of pyridine rings is 1. The van der Waals surface area contributed by atoms with Gasteiger partial charge in [-0.1, -0.05) is 0 Å². The highest BCUT2D eigenvalue weighted by Crippen LogP contribution is 2.20. The summed E-state index contributed by atoms with van der Waals surface area (Å²) in [6.07, 6.45) is 3.57. The third-order valence-corrected chi connectivity index (χ3v) is 1.61. The van der Waals surface area contributed by atoms with Gasteiger partial charge in [0.1, 0.15) is 0 Å². The number of fused-ring (bicyclic) bond motifs is 1. The van der Waals surface area contributed by atoms with Crippen LogP contribution < -0.4 is 0 Å². The average molecular weight is 145 g/mol. The van der Waals surface area contributed by atoms with E-state index in [-0.39, 0.29) is 0 Å². The minimum atomic E-state index is 0.684. The monoisotopic (exact) mass is 145 g/mol. The predicted molar refractivity (Wildman–Crippen MR) is 45.3 cm³/mol. The zero-order valence-electron chi connectivity index (χ0n) is 5.91. The number of nitrogens with one attached hydrogen (secondary N) is 1. The van der Waals surface area contributed by atoms with Crippen molar-refractivity contribution in [2.75, 3.05) is 0 Å². The lowest BCUT2D eigenvalue weighted by molar-refractivity contribution is 1.31. The van der Waals surface area contributed by atoms with Crippen molar-refractivity contribution in [3.05, 3.63) is 24.5 Å². The summed E-state index contributed by atoms with van der Waals surface area (Å²) in [4.78, 5) is 10.9. The molecular formula is C8H7N3. The first-order valence-electron chi connectivity index (χ1n) is 3.30. The van der Waals surface area contributed by atoms with Crippen LogP contribution in [0.25, 0.3) is 10.9 Å².